The van der Waals surface area contributed by atoms with Crippen LogP contribution in [0.5, 0.6) is 0 Å². The van der Waals surface area contributed by atoms with Crippen LogP contribution in [-0.2, 0) is 6.42 Å². The Morgan fingerprint density at radius 2 is 1.81 bits per heavy atom. The van der Waals surface area contributed by atoms with Crippen molar-refractivity contribution >= 4 is 11.9 Å². The third-order valence-corrected chi connectivity index (χ3v) is 5.11. The lowest BCUT2D eigenvalue weighted by atomic mass is 10.3. The molecular formula is C22H27FN8. The Labute approximate surface area is 181 Å². The lowest BCUT2D eigenvalue weighted by Gasteiger charge is -2.36. The SMILES string of the molecule is CCNC(=NCCc1ccn(-c2ccc(F)cc2)n1)N1CCN(c2ncccn2)CC1. The number of nitrogens with zero attached hydrogens (tertiary/aromatic N) is 7. The van der Waals surface area contributed by atoms with E-state index in [1.54, 1.807) is 29.2 Å². The summed E-state index contributed by atoms with van der Waals surface area (Å²) in [5, 5.41) is 7.97. The largest absolute Gasteiger partial charge is 0.357 e. The summed E-state index contributed by atoms with van der Waals surface area (Å²) < 4.78 is 14.9. The number of hydrogen-bond acceptors (Lipinski definition) is 5. The summed E-state index contributed by atoms with van der Waals surface area (Å²) in [5.41, 5.74) is 1.79. The summed E-state index contributed by atoms with van der Waals surface area (Å²) in [6.07, 6.45) is 6.18. The fraction of sp³-hybridized carbons (Fsp3) is 0.364. The molecule has 162 valence electrons. The lowest BCUT2D eigenvalue weighted by molar-refractivity contribution is 0.370. The normalized spacial score (nSPS) is 14.7. The molecule has 8 nitrogen and oxygen atoms in total. The minimum atomic E-state index is -0.251. The Morgan fingerprint density at radius 1 is 1.06 bits per heavy atom. The molecule has 0 bridgehead atoms. The summed E-state index contributed by atoms with van der Waals surface area (Å²) in [6.45, 7) is 6.98. The molecule has 1 saturated heterocycles. The van der Waals surface area contributed by atoms with Crippen molar-refractivity contribution in [3.63, 3.8) is 0 Å². The molecule has 1 N–H and O–H groups in total. The molecule has 31 heavy (non-hydrogen) atoms. The number of piperazine rings is 1. The first-order chi connectivity index (χ1) is 15.2. The van der Waals surface area contributed by atoms with Crippen molar-refractivity contribution in [3.05, 3.63) is 66.5 Å². The summed E-state index contributed by atoms with van der Waals surface area (Å²) in [7, 11) is 0. The van der Waals surface area contributed by atoms with E-state index in [9.17, 15) is 4.39 Å². The van der Waals surface area contributed by atoms with E-state index in [2.05, 4.69) is 37.1 Å². The van der Waals surface area contributed by atoms with Gasteiger partial charge in [0.25, 0.3) is 0 Å². The predicted octanol–water partition coefficient (Wildman–Crippen LogP) is 2.13. The molecule has 1 aliphatic rings. The third kappa shape index (κ3) is 5.36. The summed E-state index contributed by atoms with van der Waals surface area (Å²) in [6, 6.07) is 10.1. The third-order valence-electron chi connectivity index (χ3n) is 5.11. The summed E-state index contributed by atoms with van der Waals surface area (Å²) >= 11 is 0. The maximum atomic E-state index is 13.1. The van der Waals surface area contributed by atoms with Crippen LogP contribution in [0.3, 0.4) is 0 Å². The Hall–Kier alpha value is -3.49. The van der Waals surface area contributed by atoms with Crippen LogP contribution >= 0.6 is 0 Å². The van der Waals surface area contributed by atoms with Crippen molar-refractivity contribution < 1.29 is 4.39 Å². The van der Waals surface area contributed by atoms with Gasteiger partial charge in [-0.3, -0.25) is 4.99 Å². The van der Waals surface area contributed by atoms with E-state index in [4.69, 9.17) is 4.99 Å². The van der Waals surface area contributed by atoms with Gasteiger partial charge in [-0.2, -0.15) is 5.10 Å². The second kappa shape index (κ2) is 10.0. The van der Waals surface area contributed by atoms with Gasteiger partial charge in [0.05, 0.1) is 11.4 Å². The first-order valence-corrected chi connectivity index (χ1v) is 10.6. The molecular weight excluding hydrogens is 395 g/mol. The average molecular weight is 423 g/mol. The monoisotopic (exact) mass is 422 g/mol. The quantitative estimate of drug-likeness (QED) is 0.485. The fourth-order valence-corrected chi connectivity index (χ4v) is 3.51. The highest BCUT2D eigenvalue weighted by atomic mass is 19.1. The molecule has 3 heterocycles. The number of nitrogens with one attached hydrogen (secondary N) is 1. The highest BCUT2D eigenvalue weighted by Crippen LogP contribution is 2.11. The molecule has 1 fully saturated rings. The van der Waals surface area contributed by atoms with Gasteiger partial charge in [-0.15, -0.1) is 0 Å². The molecule has 0 amide bonds. The zero-order valence-corrected chi connectivity index (χ0v) is 17.7. The number of rotatable bonds is 6. The number of guanidine groups is 1. The van der Waals surface area contributed by atoms with Gasteiger partial charge < -0.3 is 15.1 Å². The molecule has 0 spiro atoms. The van der Waals surface area contributed by atoms with E-state index in [-0.39, 0.29) is 5.82 Å². The highest BCUT2D eigenvalue weighted by Gasteiger charge is 2.21. The van der Waals surface area contributed by atoms with Crippen molar-refractivity contribution in [1.29, 1.82) is 0 Å². The van der Waals surface area contributed by atoms with Gasteiger partial charge in [0.2, 0.25) is 5.95 Å². The first-order valence-electron chi connectivity index (χ1n) is 10.6. The molecule has 3 aromatic rings. The Morgan fingerprint density at radius 3 is 2.52 bits per heavy atom. The second-order valence-electron chi connectivity index (χ2n) is 7.24. The van der Waals surface area contributed by atoms with Gasteiger partial charge in [-0.05, 0) is 43.3 Å². The number of aliphatic imine (C=N–C) groups is 1. The molecule has 2 aromatic heterocycles. The van der Waals surface area contributed by atoms with Crippen LogP contribution in [0.1, 0.15) is 12.6 Å². The fourth-order valence-electron chi connectivity index (χ4n) is 3.51. The van der Waals surface area contributed by atoms with E-state index >= 15 is 0 Å². The molecule has 9 heteroatoms. The maximum Gasteiger partial charge on any atom is 0.225 e. The minimum absolute atomic E-state index is 0.251. The number of halogens is 1. The van der Waals surface area contributed by atoms with Crippen LogP contribution in [0.25, 0.3) is 5.69 Å². The van der Waals surface area contributed by atoms with Crippen LogP contribution in [0, 0.1) is 5.82 Å². The molecule has 1 aliphatic heterocycles. The number of anilines is 1. The molecule has 0 unspecified atom stereocenters. The van der Waals surface area contributed by atoms with Crippen molar-refractivity contribution in [2.75, 3.05) is 44.2 Å². The van der Waals surface area contributed by atoms with Crippen molar-refractivity contribution in [1.82, 2.24) is 30.0 Å². The van der Waals surface area contributed by atoms with E-state index in [0.717, 1.165) is 62.4 Å². The van der Waals surface area contributed by atoms with Crippen molar-refractivity contribution in [2.45, 2.75) is 13.3 Å². The van der Waals surface area contributed by atoms with E-state index < -0.39 is 0 Å². The zero-order valence-electron chi connectivity index (χ0n) is 17.7. The standard InChI is InChI=1S/C22H27FN8/c1-2-24-21(29-14-16-30(17-15-29)22-25-10-3-11-26-22)27-12-8-19-9-13-31(28-19)20-6-4-18(23)5-7-20/h3-7,9-11,13H,2,8,12,14-17H2,1H3,(H,24,27). The van der Waals surface area contributed by atoms with Crippen LogP contribution in [-0.4, -0.2) is 69.9 Å². The Balaban J connectivity index is 1.33. The smallest absolute Gasteiger partial charge is 0.225 e. The van der Waals surface area contributed by atoms with Gasteiger partial charge in [0, 0.05) is 64.3 Å². The average Bonchev–Trinajstić information content (AvgIpc) is 3.29. The highest BCUT2D eigenvalue weighted by molar-refractivity contribution is 5.80. The maximum absolute atomic E-state index is 13.1. The Kier molecular flexibility index (Phi) is 6.71. The molecule has 0 atom stereocenters. The lowest BCUT2D eigenvalue weighted by Crippen LogP contribution is -2.53. The van der Waals surface area contributed by atoms with Crippen LogP contribution in [0.4, 0.5) is 10.3 Å². The predicted molar refractivity (Wildman–Crippen MR) is 119 cm³/mol. The Bertz CT molecular complexity index is 978. The molecule has 1 aromatic carbocycles. The van der Waals surface area contributed by atoms with E-state index in [1.807, 2.05) is 18.3 Å². The van der Waals surface area contributed by atoms with E-state index in [0.29, 0.717) is 6.54 Å². The summed E-state index contributed by atoms with van der Waals surface area (Å²) in [4.78, 5) is 18.0. The summed E-state index contributed by atoms with van der Waals surface area (Å²) in [5.74, 6) is 1.45. The number of benzene rings is 1. The van der Waals surface area contributed by atoms with Gasteiger partial charge in [-0.25, -0.2) is 19.0 Å². The topological polar surface area (TPSA) is 74.5 Å². The number of aromatic nitrogens is 4. The molecule has 0 radical (unpaired) electrons. The van der Waals surface area contributed by atoms with Gasteiger partial charge >= 0.3 is 0 Å². The molecule has 0 saturated carbocycles. The number of hydrogen-bond donors (Lipinski definition) is 1. The molecule has 0 aliphatic carbocycles. The minimum Gasteiger partial charge on any atom is -0.357 e. The zero-order chi connectivity index (χ0) is 21.5. The first kappa shape index (κ1) is 20.8. The second-order valence-corrected chi connectivity index (χ2v) is 7.24. The van der Waals surface area contributed by atoms with Gasteiger partial charge in [0.15, 0.2) is 5.96 Å². The molecule has 4 rings (SSSR count). The van der Waals surface area contributed by atoms with Gasteiger partial charge in [-0.1, -0.05) is 0 Å². The van der Waals surface area contributed by atoms with Crippen molar-refractivity contribution in [2.24, 2.45) is 4.99 Å². The van der Waals surface area contributed by atoms with Gasteiger partial charge in [0.1, 0.15) is 5.82 Å². The van der Waals surface area contributed by atoms with Crippen LogP contribution < -0.4 is 10.2 Å². The van der Waals surface area contributed by atoms with Crippen molar-refractivity contribution in [3.8, 4) is 5.69 Å². The van der Waals surface area contributed by atoms with Crippen LogP contribution in [0.2, 0.25) is 0 Å². The van der Waals surface area contributed by atoms with Crippen LogP contribution in [0.15, 0.2) is 60.0 Å². The van der Waals surface area contributed by atoms with E-state index in [1.165, 1.54) is 12.1 Å².